The van der Waals surface area contributed by atoms with Crippen LogP contribution in [0, 0.1) is 30.0 Å². The van der Waals surface area contributed by atoms with Crippen molar-refractivity contribution in [1.82, 2.24) is 14.0 Å². The third kappa shape index (κ3) is 5.22. The summed E-state index contributed by atoms with van der Waals surface area (Å²) in [5, 5.41) is 9.31. The number of nitriles is 1. The number of likely N-dealkylation sites (tertiary alicyclic amines) is 1. The summed E-state index contributed by atoms with van der Waals surface area (Å²) in [6, 6.07) is 20.9. The Morgan fingerprint density at radius 2 is 1.73 bits per heavy atom. The lowest BCUT2D eigenvalue weighted by atomic mass is 9.89. The van der Waals surface area contributed by atoms with Crippen molar-refractivity contribution >= 4 is 29.2 Å². The molecule has 0 amide bonds. The molecule has 1 aliphatic heterocycles. The summed E-state index contributed by atoms with van der Waals surface area (Å²) < 4.78 is 16.7. The van der Waals surface area contributed by atoms with Crippen LogP contribution in [0.1, 0.15) is 34.3 Å². The topological polar surface area (TPSA) is 71.0 Å². The van der Waals surface area contributed by atoms with Crippen molar-refractivity contribution in [2.24, 2.45) is 5.92 Å². The van der Waals surface area contributed by atoms with Crippen LogP contribution in [0.2, 0.25) is 0 Å². The van der Waals surface area contributed by atoms with Gasteiger partial charge in [0.25, 0.3) is 0 Å². The molecule has 0 unspecified atom stereocenters. The van der Waals surface area contributed by atoms with Crippen molar-refractivity contribution in [2.45, 2.75) is 26.3 Å². The molecular formula is C29H28ClFN4O2. The summed E-state index contributed by atoms with van der Waals surface area (Å²) in [4.78, 5) is 28.7. The number of halogens is 2. The first-order chi connectivity index (χ1) is 17.5. The average Bonchev–Trinajstić information content (AvgIpc) is 3.20. The minimum atomic E-state index is -0.342. The van der Waals surface area contributed by atoms with Gasteiger partial charge in [0.1, 0.15) is 5.82 Å². The summed E-state index contributed by atoms with van der Waals surface area (Å²) in [5.74, 6) is -0.332. The number of carbonyl (C=O) groups is 1. The lowest BCUT2D eigenvalue weighted by Crippen LogP contribution is -2.39. The number of hydrogen-bond donors (Lipinski definition) is 0. The molecule has 0 atom stereocenters. The van der Waals surface area contributed by atoms with Crippen LogP contribution >= 0.6 is 12.4 Å². The second-order valence-electron chi connectivity index (χ2n) is 9.36. The van der Waals surface area contributed by atoms with Gasteiger partial charge in [0.05, 0.1) is 28.4 Å². The zero-order valence-corrected chi connectivity index (χ0v) is 21.4. The smallest absolute Gasteiger partial charge is 0.302 e. The zero-order chi connectivity index (χ0) is 25.2. The van der Waals surface area contributed by atoms with Crippen molar-refractivity contribution in [3.63, 3.8) is 0 Å². The maximum atomic E-state index is 13.6. The van der Waals surface area contributed by atoms with Gasteiger partial charge in [-0.05, 0) is 86.9 Å². The SMILES string of the molecule is Cc1cccc2c1n(CCN1CCC(C(=O)c3ccc(F)cc3)CC1)c(=O)n2-c1cccc(C#N)c1.Cl. The number of piperidine rings is 1. The highest BCUT2D eigenvalue weighted by atomic mass is 35.5. The number of benzene rings is 3. The molecule has 1 saturated heterocycles. The Balaban J connectivity index is 0.00000320. The van der Waals surface area contributed by atoms with Crippen molar-refractivity contribution in [1.29, 1.82) is 5.26 Å². The average molecular weight is 519 g/mol. The van der Waals surface area contributed by atoms with Crippen molar-refractivity contribution in [3.05, 3.63) is 99.7 Å². The number of para-hydroxylation sites is 1. The second kappa shape index (κ2) is 11.1. The molecule has 0 saturated carbocycles. The van der Waals surface area contributed by atoms with Crippen LogP contribution in [0.25, 0.3) is 16.7 Å². The second-order valence-corrected chi connectivity index (χ2v) is 9.36. The molecule has 37 heavy (non-hydrogen) atoms. The Bertz CT molecular complexity index is 1530. The van der Waals surface area contributed by atoms with Crippen LogP contribution in [0.3, 0.4) is 0 Å². The molecule has 0 aliphatic carbocycles. The third-order valence-corrected chi connectivity index (χ3v) is 7.11. The first-order valence-corrected chi connectivity index (χ1v) is 12.2. The van der Waals surface area contributed by atoms with E-state index in [1.54, 1.807) is 34.9 Å². The number of rotatable bonds is 6. The van der Waals surface area contributed by atoms with Crippen molar-refractivity contribution < 1.29 is 9.18 Å². The van der Waals surface area contributed by atoms with Gasteiger partial charge in [0.15, 0.2) is 5.78 Å². The molecule has 2 heterocycles. The Morgan fingerprint density at radius 3 is 2.43 bits per heavy atom. The Hall–Kier alpha value is -3.73. The molecule has 8 heteroatoms. The Labute approximate surface area is 221 Å². The molecule has 0 spiro atoms. The van der Waals surface area contributed by atoms with Crippen LogP contribution in [0.15, 0.2) is 71.5 Å². The summed E-state index contributed by atoms with van der Waals surface area (Å²) in [7, 11) is 0. The summed E-state index contributed by atoms with van der Waals surface area (Å²) in [6.45, 7) is 4.77. The van der Waals surface area contributed by atoms with E-state index < -0.39 is 0 Å². The van der Waals surface area contributed by atoms with Crippen molar-refractivity contribution in [3.8, 4) is 11.8 Å². The predicted octanol–water partition coefficient (Wildman–Crippen LogP) is 5.13. The molecule has 190 valence electrons. The zero-order valence-electron chi connectivity index (χ0n) is 20.6. The van der Waals surface area contributed by atoms with E-state index in [-0.39, 0.29) is 35.6 Å². The number of nitrogens with zero attached hydrogens (tertiary/aromatic N) is 4. The third-order valence-electron chi connectivity index (χ3n) is 7.11. The highest BCUT2D eigenvalue weighted by Crippen LogP contribution is 2.24. The monoisotopic (exact) mass is 518 g/mol. The molecule has 1 fully saturated rings. The molecule has 0 bridgehead atoms. The van der Waals surface area contributed by atoms with Crippen molar-refractivity contribution in [2.75, 3.05) is 19.6 Å². The molecule has 4 aromatic rings. The number of aryl methyl sites for hydroxylation is 1. The summed E-state index contributed by atoms with van der Waals surface area (Å²) >= 11 is 0. The molecule has 0 N–H and O–H groups in total. The predicted molar refractivity (Wildman–Crippen MR) is 144 cm³/mol. The molecule has 1 aliphatic rings. The number of hydrogen-bond acceptors (Lipinski definition) is 4. The Kier molecular flexibility index (Phi) is 7.91. The number of ketones is 1. The standard InChI is InChI=1S/C29H27FN4O2.ClH/c1-20-4-2-7-26-27(20)33(29(36)34(26)25-6-3-5-21(18-25)19-31)17-16-32-14-12-23(13-15-32)28(35)22-8-10-24(30)11-9-22;/h2-11,18,23H,12-17H2,1H3;1H. The number of aromatic nitrogens is 2. The van der Waals surface area contributed by atoms with Crippen LogP contribution < -0.4 is 5.69 Å². The van der Waals surface area contributed by atoms with E-state index in [0.29, 0.717) is 29.9 Å². The van der Waals surface area contributed by atoms with Crippen LogP contribution in [-0.4, -0.2) is 39.5 Å². The van der Waals surface area contributed by atoms with Gasteiger partial charge in [-0.15, -0.1) is 12.4 Å². The number of fused-ring (bicyclic) bond motifs is 1. The van der Waals surface area contributed by atoms with Gasteiger partial charge in [-0.2, -0.15) is 5.26 Å². The first-order valence-electron chi connectivity index (χ1n) is 12.2. The van der Waals surface area contributed by atoms with E-state index in [1.165, 1.54) is 12.1 Å². The fraction of sp³-hybridized carbons (Fsp3) is 0.276. The molecule has 0 radical (unpaired) electrons. The normalized spacial score (nSPS) is 14.3. The summed E-state index contributed by atoms with van der Waals surface area (Å²) in [6.07, 6.45) is 1.49. The molecular weight excluding hydrogens is 491 g/mol. The number of carbonyl (C=O) groups excluding carboxylic acids is 1. The van der Waals surface area contributed by atoms with E-state index in [0.717, 1.165) is 42.5 Å². The van der Waals surface area contributed by atoms with Gasteiger partial charge in [-0.1, -0.05) is 18.2 Å². The van der Waals surface area contributed by atoms with Crippen LogP contribution in [-0.2, 0) is 6.54 Å². The first kappa shape index (κ1) is 26.3. The van der Waals surface area contributed by atoms with Gasteiger partial charge < -0.3 is 4.90 Å². The maximum absolute atomic E-state index is 13.6. The lowest BCUT2D eigenvalue weighted by Gasteiger charge is -2.31. The van der Waals surface area contributed by atoms with Crippen LogP contribution in [0.4, 0.5) is 4.39 Å². The van der Waals surface area contributed by atoms with Gasteiger partial charge >= 0.3 is 5.69 Å². The quantitative estimate of drug-likeness (QED) is 0.332. The molecule has 6 nitrogen and oxygen atoms in total. The minimum Gasteiger partial charge on any atom is -0.302 e. The highest BCUT2D eigenvalue weighted by molar-refractivity contribution is 5.97. The van der Waals surface area contributed by atoms with Gasteiger partial charge in [0.2, 0.25) is 0 Å². The lowest BCUT2D eigenvalue weighted by molar-refractivity contribution is 0.0837. The highest BCUT2D eigenvalue weighted by Gasteiger charge is 2.26. The largest absolute Gasteiger partial charge is 0.333 e. The maximum Gasteiger partial charge on any atom is 0.333 e. The Morgan fingerprint density at radius 1 is 1.03 bits per heavy atom. The van der Waals surface area contributed by atoms with Gasteiger partial charge in [-0.25, -0.2) is 9.18 Å². The van der Waals surface area contributed by atoms with E-state index in [2.05, 4.69) is 11.0 Å². The van der Waals surface area contributed by atoms with E-state index in [4.69, 9.17) is 0 Å². The minimum absolute atomic E-state index is 0. The van der Waals surface area contributed by atoms with E-state index >= 15 is 0 Å². The van der Waals surface area contributed by atoms with Crippen LogP contribution in [0.5, 0.6) is 0 Å². The van der Waals surface area contributed by atoms with E-state index in [9.17, 15) is 19.2 Å². The van der Waals surface area contributed by atoms with Gasteiger partial charge in [0, 0.05) is 24.6 Å². The molecule has 5 rings (SSSR count). The molecule has 1 aromatic heterocycles. The molecule has 3 aromatic carbocycles. The fourth-order valence-corrected chi connectivity index (χ4v) is 5.18. The number of Topliss-reactive ketones (excluding diaryl/α,β-unsaturated/α-hetero) is 1. The number of imidazole rings is 1. The fourth-order valence-electron chi connectivity index (χ4n) is 5.18. The van der Waals surface area contributed by atoms with E-state index in [1.807, 2.05) is 35.8 Å². The summed E-state index contributed by atoms with van der Waals surface area (Å²) in [5.41, 5.74) is 4.34. The van der Waals surface area contributed by atoms with Gasteiger partial charge in [-0.3, -0.25) is 13.9 Å².